The van der Waals surface area contributed by atoms with Gasteiger partial charge in [0.15, 0.2) is 5.82 Å². The van der Waals surface area contributed by atoms with Gasteiger partial charge in [0.05, 0.1) is 24.6 Å². The van der Waals surface area contributed by atoms with Crippen molar-refractivity contribution in [2.75, 3.05) is 37.1 Å². The SMILES string of the molecule is CP(C)(=O)c1cc(F)ccc1Nc1nc(Nc2ccc3c(c2)CC[C@H](N2C[C@H]4C[C@@H]2CO4)CC3)ncc1Cl. The summed E-state index contributed by atoms with van der Waals surface area (Å²) in [7, 11) is -2.75. The van der Waals surface area contributed by atoms with Gasteiger partial charge in [0.1, 0.15) is 18.0 Å². The fraction of sp³-hybridized carbons (Fsp3) is 0.429. The molecule has 6 rings (SSSR count). The summed E-state index contributed by atoms with van der Waals surface area (Å²) >= 11 is 6.38. The lowest BCUT2D eigenvalue weighted by Crippen LogP contribution is -2.44. The molecule has 2 aromatic carbocycles. The van der Waals surface area contributed by atoms with Crippen molar-refractivity contribution in [3.05, 3.63) is 64.6 Å². The lowest BCUT2D eigenvalue weighted by Gasteiger charge is -2.34. The van der Waals surface area contributed by atoms with E-state index in [-0.39, 0.29) is 0 Å². The predicted molar refractivity (Wildman–Crippen MR) is 151 cm³/mol. The number of benzene rings is 2. The number of ether oxygens (including phenoxy) is 1. The molecule has 3 aromatic rings. The summed E-state index contributed by atoms with van der Waals surface area (Å²) in [6.07, 6.45) is 7.61. The maximum Gasteiger partial charge on any atom is 0.229 e. The minimum absolute atomic E-state index is 0.307. The molecule has 2 N–H and O–H groups in total. The highest BCUT2D eigenvalue weighted by atomic mass is 35.5. The van der Waals surface area contributed by atoms with Crippen molar-refractivity contribution < 1.29 is 13.7 Å². The number of halogens is 2. The Balaban J connectivity index is 1.18. The first-order chi connectivity index (χ1) is 18.2. The smallest absolute Gasteiger partial charge is 0.229 e. The first-order valence-corrected chi connectivity index (χ1v) is 16.1. The number of anilines is 4. The third-order valence-electron chi connectivity index (χ3n) is 7.91. The van der Waals surface area contributed by atoms with E-state index in [0.29, 0.717) is 46.0 Å². The zero-order chi connectivity index (χ0) is 26.4. The second-order valence-electron chi connectivity index (χ2n) is 10.9. The maximum absolute atomic E-state index is 13.9. The largest absolute Gasteiger partial charge is 0.375 e. The Morgan fingerprint density at radius 3 is 2.63 bits per heavy atom. The molecule has 38 heavy (non-hydrogen) atoms. The van der Waals surface area contributed by atoms with E-state index in [4.69, 9.17) is 16.3 Å². The van der Waals surface area contributed by atoms with Crippen molar-refractivity contribution in [3.8, 4) is 0 Å². The Hall–Kier alpha value is -2.51. The minimum Gasteiger partial charge on any atom is -0.375 e. The van der Waals surface area contributed by atoms with Gasteiger partial charge < -0.3 is 19.9 Å². The molecule has 7 nitrogen and oxygen atoms in total. The van der Waals surface area contributed by atoms with Crippen LogP contribution in [-0.4, -0.2) is 59.5 Å². The van der Waals surface area contributed by atoms with Crippen LogP contribution in [0.15, 0.2) is 42.6 Å². The summed E-state index contributed by atoms with van der Waals surface area (Å²) in [6.45, 7) is 5.17. The molecule has 1 aromatic heterocycles. The number of hydrogen-bond donors (Lipinski definition) is 2. The molecule has 3 aliphatic rings. The van der Waals surface area contributed by atoms with Crippen molar-refractivity contribution in [2.24, 2.45) is 0 Å². The maximum atomic E-state index is 13.9. The third kappa shape index (κ3) is 5.32. The molecule has 2 aliphatic heterocycles. The zero-order valence-electron chi connectivity index (χ0n) is 21.6. The second-order valence-corrected chi connectivity index (χ2v) is 14.5. The molecule has 0 unspecified atom stereocenters. The monoisotopic (exact) mass is 555 g/mol. The van der Waals surface area contributed by atoms with Gasteiger partial charge >= 0.3 is 0 Å². The Morgan fingerprint density at radius 1 is 1.08 bits per heavy atom. The van der Waals surface area contributed by atoms with Crippen LogP contribution in [0.3, 0.4) is 0 Å². The highest BCUT2D eigenvalue weighted by molar-refractivity contribution is 7.70. The van der Waals surface area contributed by atoms with Crippen LogP contribution in [0.5, 0.6) is 0 Å². The quantitative estimate of drug-likeness (QED) is 0.297. The average Bonchev–Trinajstić information content (AvgIpc) is 3.45. The first kappa shape index (κ1) is 25.8. The van der Waals surface area contributed by atoms with Crippen LogP contribution in [0.1, 0.15) is 30.4 Å². The Labute approximate surface area is 227 Å². The van der Waals surface area contributed by atoms with Gasteiger partial charge in [0.2, 0.25) is 5.95 Å². The summed E-state index contributed by atoms with van der Waals surface area (Å²) in [5, 5.41) is 7.14. The number of morpholine rings is 1. The normalized spacial score (nSPS) is 23.2. The molecule has 2 saturated heterocycles. The number of aromatic nitrogens is 2. The fourth-order valence-electron chi connectivity index (χ4n) is 6.00. The molecule has 0 saturated carbocycles. The van der Waals surface area contributed by atoms with Gasteiger partial charge in [-0.15, -0.1) is 0 Å². The van der Waals surface area contributed by atoms with Gasteiger partial charge in [-0.05, 0) is 86.9 Å². The van der Waals surface area contributed by atoms with E-state index >= 15 is 0 Å². The van der Waals surface area contributed by atoms with E-state index in [9.17, 15) is 8.96 Å². The molecule has 10 heteroatoms. The van der Waals surface area contributed by atoms with E-state index in [0.717, 1.165) is 38.1 Å². The summed E-state index contributed by atoms with van der Waals surface area (Å²) in [6, 6.07) is 11.8. The van der Waals surface area contributed by atoms with Crippen molar-refractivity contribution in [1.82, 2.24) is 14.9 Å². The molecule has 0 radical (unpaired) electrons. The molecule has 200 valence electrons. The van der Waals surface area contributed by atoms with E-state index in [2.05, 4.69) is 43.7 Å². The highest BCUT2D eigenvalue weighted by Gasteiger charge is 2.42. The Morgan fingerprint density at radius 2 is 1.89 bits per heavy atom. The second kappa shape index (κ2) is 10.2. The number of likely N-dealkylation sites (tertiary alicyclic amines) is 1. The molecule has 0 spiro atoms. The summed E-state index contributed by atoms with van der Waals surface area (Å²) in [5.74, 6) is 0.296. The molecular weight excluding hydrogens is 524 g/mol. The van der Waals surface area contributed by atoms with Gasteiger partial charge in [-0.1, -0.05) is 17.7 Å². The lowest BCUT2D eigenvalue weighted by molar-refractivity contribution is 0.00854. The van der Waals surface area contributed by atoms with Crippen LogP contribution in [0.2, 0.25) is 5.02 Å². The number of hydrogen-bond acceptors (Lipinski definition) is 7. The van der Waals surface area contributed by atoms with Crippen LogP contribution < -0.4 is 15.9 Å². The van der Waals surface area contributed by atoms with Crippen LogP contribution in [0.4, 0.5) is 27.5 Å². The number of aryl methyl sites for hydroxylation is 2. The number of nitrogens with one attached hydrogen (secondary N) is 2. The summed E-state index contributed by atoms with van der Waals surface area (Å²) < 4.78 is 32.4. The Bertz CT molecular complexity index is 1420. The van der Waals surface area contributed by atoms with Crippen LogP contribution in [0.25, 0.3) is 0 Å². The summed E-state index contributed by atoms with van der Waals surface area (Å²) in [5.41, 5.74) is 4.19. The van der Waals surface area contributed by atoms with Gasteiger partial charge in [-0.25, -0.2) is 9.37 Å². The number of rotatable bonds is 6. The minimum atomic E-state index is -2.75. The van der Waals surface area contributed by atoms with Crippen molar-refractivity contribution >= 4 is 47.2 Å². The van der Waals surface area contributed by atoms with Gasteiger partial charge in [-0.2, -0.15) is 4.98 Å². The standard InChI is InChI=1S/C28H32ClFN5O2P/c1-38(2,36)26-12-19(30)6-10-25(26)33-27-24(29)14-31-28(34-27)32-20-7-3-17-4-8-21(9-5-18(17)11-20)35-15-23-13-22(35)16-37-23/h3,6-7,10-12,14,21-23H,4-5,8-9,13,15-16H2,1-2H3,(H2,31,32,33,34)/t21-,22-,23-/m1/s1. The number of fused-ring (bicyclic) bond motifs is 3. The first-order valence-electron chi connectivity index (χ1n) is 13.1. The van der Waals surface area contributed by atoms with Crippen LogP contribution >= 0.6 is 18.7 Å². The van der Waals surface area contributed by atoms with Crippen LogP contribution in [-0.2, 0) is 22.1 Å². The molecule has 3 heterocycles. The zero-order valence-corrected chi connectivity index (χ0v) is 23.2. The topological polar surface area (TPSA) is 79.4 Å². The fourth-order valence-corrected chi connectivity index (χ4v) is 7.29. The van der Waals surface area contributed by atoms with E-state index < -0.39 is 13.0 Å². The number of nitrogens with zero attached hydrogens (tertiary/aromatic N) is 3. The molecule has 2 fully saturated rings. The molecule has 0 amide bonds. The molecular formula is C28H32ClFN5O2P. The van der Waals surface area contributed by atoms with E-state index in [1.165, 1.54) is 42.3 Å². The Kier molecular flexibility index (Phi) is 6.93. The molecule has 1 aliphatic carbocycles. The van der Waals surface area contributed by atoms with Gasteiger partial charge in [0.25, 0.3) is 0 Å². The molecule has 3 atom stereocenters. The van der Waals surface area contributed by atoms with Crippen molar-refractivity contribution in [2.45, 2.75) is 50.3 Å². The summed E-state index contributed by atoms with van der Waals surface area (Å²) in [4.78, 5) is 11.6. The third-order valence-corrected chi connectivity index (χ3v) is 9.71. The van der Waals surface area contributed by atoms with Crippen molar-refractivity contribution in [3.63, 3.8) is 0 Å². The van der Waals surface area contributed by atoms with E-state index in [1.807, 2.05) is 0 Å². The van der Waals surface area contributed by atoms with Crippen LogP contribution in [0, 0.1) is 5.82 Å². The average molecular weight is 556 g/mol. The molecule has 2 bridgehead atoms. The van der Waals surface area contributed by atoms with Crippen molar-refractivity contribution in [1.29, 1.82) is 0 Å². The lowest BCUT2D eigenvalue weighted by atomic mass is 10.0. The predicted octanol–water partition coefficient (Wildman–Crippen LogP) is 5.72. The highest BCUT2D eigenvalue weighted by Crippen LogP contribution is 2.39. The van der Waals surface area contributed by atoms with Gasteiger partial charge in [-0.3, -0.25) is 4.90 Å². The van der Waals surface area contributed by atoms with E-state index in [1.54, 1.807) is 19.4 Å². The van der Waals surface area contributed by atoms with Gasteiger partial charge in [0, 0.05) is 29.6 Å².